The number of hydrogen-bond donors (Lipinski definition) is 0. The molecule has 0 aliphatic heterocycles. The average Bonchev–Trinajstić information content (AvgIpc) is 3.32. The van der Waals surface area contributed by atoms with Gasteiger partial charge >= 0.3 is 0 Å². The number of rotatable bonds is 5. The number of anilines is 3. The second-order valence-electron chi connectivity index (χ2n) is 13.1. The molecular weight excluding hydrogens is 555 g/mol. The summed E-state index contributed by atoms with van der Waals surface area (Å²) in [5.41, 5.74) is 16.4. The molecule has 0 atom stereocenters. The molecule has 0 radical (unpaired) electrons. The largest absolute Gasteiger partial charge is 0.309 e. The van der Waals surface area contributed by atoms with Crippen molar-refractivity contribution in [2.24, 2.45) is 0 Å². The lowest BCUT2D eigenvalue weighted by Crippen LogP contribution is -2.17. The van der Waals surface area contributed by atoms with Crippen LogP contribution in [0, 0.1) is 13.8 Å². The summed E-state index contributed by atoms with van der Waals surface area (Å²) in [4.78, 5) is 2.50. The van der Waals surface area contributed by atoms with Gasteiger partial charge in [-0.15, -0.1) is 0 Å². The smallest absolute Gasteiger partial charge is 0.0546 e. The first-order chi connectivity index (χ1) is 22.4. The van der Waals surface area contributed by atoms with E-state index in [0.29, 0.717) is 0 Å². The quantitative estimate of drug-likeness (QED) is 0.192. The highest BCUT2D eigenvalue weighted by Crippen LogP contribution is 2.53. The maximum Gasteiger partial charge on any atom is 0.0546 e. The Morgan fingerprint density at radius 1 is 0.457 bits per heavy atom. The fourth-order valence-corrected chi connectivity index (χ4v) is 7.62. The summed E-state index contributed by atoms with van der Waals surface area (Å²) in [5, 5.41) is 2.49. The van der Waals surface area contributed by atoms with Crippen LogP contribution in [0.2, 0.25) is 0 Å². The number of fused-ring (bicyclic) bond motifs is 4. The van der Waals surface area contributed by atoms with Crippen LogP contribution in [0.15, 0.2) is 152 Å². The molecule has 0 spiro atoms. The number of para-hydroxylation sites is 1. The zero-order valence-electron chi connectivity index (χ0n) is 26.9. The molecule has 1 nitrogen and oxygen atoms in total. The number of aryl methyl sites for hydroxylation is 2. The molecule has 0 bridgehead atoms. The predicted octanol–water partition coefficient (Wildman–Crippen LogP) is 12.6. The minimum Gasteiger partial charge on any atom is -0.309 e. The summed E-state index contributed by atoms with van der Waals surface area (Å²) in [7, 11) is 0. The first-order valence-electron chi connectivity index (χ1n) is 16.2. The molecule has 0 unspecified atom stereocenters. The van der Waals surface area contributed by atoms with Crippen LogP contribution in [0.1, 0.15) is 36.1 Å². The Morgan fingerprint density at radius 2 is 1.15 bits per heavy atom. The van der Waals surface area contributed by atoms with Crippen molar-refractivity contribution >= 4 is 27.8 Å². The second-order valence-corrected chi connectivity index (χ2v) is 13.1. The van der Waals surface area contributed by atoms with Crippen LogP contribution in [-0.4, -0.2) is 0 Å². The van der Waals surface area contributed by atoms with Crippen molar-refractivity contribution in [2.45, 2.75) is 33.1 Å². The molecule has 222 valence electrons. The molecule has 0 saturated carbocycles. The van der Waals surface area contributed by atoms with Gasteiger partial charge in [-0.1, -0.05) is 141 Å². The van der Waals surface area contributed by atoms with E-state index in [1.54, 1.807) is 0 Å². The molecule has 0 N–H and O–H groups in total. The first-order valence-corrected chi connectivity index (χ1v) is 16.2. The van der Waals surface area contributed by atoms with E-state index < -0.39 is 0 Å². The fourth-order valence-electron chi connectivity index (χ4n) is 7.62. The first kappa shape index (κ1) is 28.1. The molecule has 1 aliphatic rings. The SMILES string of the molecule is Cc1ccccc1-c1c(N(c2ccc3c(c2)C(C)(C)c2cccc(C)c2-3)c2ccccc2-c2ccccc2)ccc2ccccc12. The van der Waals surface area contributed by atoms with Gasteiger partial charge in [0.25, 0.3) is 0 Å². The zero-order chi connectivity index (χ0) is 31.4. The highest BCUT2D eigenvalue weighted by molar-refractivity contribution is 6.07. The van der Waals surface area contributed by atoms with E-state index in [1.165, 1.54) is 72.1 Å². The molecule has 1 heteroatoms. The van der Waals surface area contributed by atoms with Crippen molar-refractivity contribution in [1.82, 2.24) is 0 Å². The van der Waals surface area contributed by atoms with Crippen molar-refractivity contribution < 1.29 is 0 Å². The van der Waals surface area contributed by atoms with Gasteiger partial charge < -0.3 is 4.90 Å². The van der Waals surface area contributed by atoms with Gasteiger partial charge in [0, 0.05) is 22.2 Å². The van der Waals surface area contributed by atoms with Gasteiger partial charge in [-0.05, 0) is 93.4 Å². The van der Waals surface area contributed by atoms with E-state index >= 15 is 0 Å². The van der Waals surface area contributed by atoms with E-state index in [-0.39, 0.29) is 5.41 Å². The minimum absolute atomic E-state index is 0.112. The maximum absolute atomic E-state index is 2.50. The van der Waals surface area contributed by atoms with Crippen molar-refractivity contribution in [3.05, 3.63) is 174 Å². The van der Waals surface area contributed by atoms with Crippen LogP contribution in [0.3, 0.4) is 0 Å². The number of nitrogens with zero attached hydrogens (tertiary/aromatic N) is 1. The topological polar surface area (TPSA) is 3.24 Å². The predicted molar refractivity (Wildman–Crippen MR) is 197 cm³/mol. The second kappa shape index (κ2) is 10.9. The minimum atomic E-state index is -0.112. The van der Waals surface area contributed by atoms with Crippen LogP contribution in [0.5, 0.6) is 0 Å². The van der Waals surface area contributed by atoms with Crippen LogP contribution >= 0.6 is 0 Å². The lowest BCUT2D eigenvalue weighted by Gasteiger charge is -2.32. The van der Waals surface area contributed by atoms with Gasteiger partial charge in [-0.2, -0.15) is 0 Å². The van der Waals surface area contributed by atoms with Crippen LogP contribution in [0.25, 0.3) is 44.2 Å². The van der Waals surface area contributed by atoms with Crippen LogP contribution in [-0.2, 0) is 5.41 Å². The Balaban J connectivity index is 1.46. The molecule has 8 rings (SSSR count). The van der Waals surface area contributed by atoms with E-state index in [1.807, 2.05) is 0 Å². The molecule has 0 heterocycles. The fraction of sp³-hybridized carbons (Fsp3) is 0.111. The van der Waals surface area contributed by atoms with Gasteiger partial charge in [0.2, 0.25) is 0 Å². The highest BCUT2D eigenvalue weighted by Gasteiger charge is 2.37. The van der Waals surface area contributed by atoms with Crippen molar-refractivity contribution in [2.75, 3.05) is 4.90 Å². The Morgan fingerprint density at radius 3 is 1.98 bits per heavy atom. The Bertz CT molecular complexity index is 2260. The monoisotopic (exact) mass is 591 g/mol. The third-order valence-electron chi connectivity index (χ3n) is 9.94. The molecule has 0 amide bonds. The molecule has 7 aromatic rings. The maximum atomic E-state index is 2.50. The van der Waals surface area contributed by atoms with E-state index in [9.17, 15) is 0 Å². The van der Waals surface area contributed by atoms with Gasteiger partial charge in [-0.3, -0.25) is 0 Å². The lowest BCUT2D eigenvalue weighted by molar-refractivity contribution is 0.660. The molecule has 1 aliphatic carbocycles. The molecule has 0 fully saturated rings. The van der Waals surface area contributed by atoms with E-state index in [4.69, 9.17) is 0 Å². The van der Waals surface area contributed by atoms with Gasteiger partial charge in [0.1, 0.15) is 0 Å². The van der Waals surface area contributed by atoms with Gasteiger partial charge in [0.15, 0.2) is 0 Å². The highest BCUT2D eigenvalue weighted by atomic mass is 15.1. The van der Waals surface area contributed by atoms with Crippen LogP contribution in [0.4, 0.5) is 17.1 Å². The lowest BCUT2D eigenvalue weighted by atomic mass is 9.82. The zero-order valence-corrected chi connectivity index (χ0v) is 26.9. The van der Waals surface area contributed by atoms with Crippen molar-refractivity contribution in [3.63, 3.8) is 0 Å². The van der Waals surface area contributed by atoms with E-state index in [0.717, 1.165) is 11.4 Å². The molecule has 7 aromatic carbocycles. The summed E-state index contributed by atoms with van der Waals surface area (Å²) in [5.74, 6) is 0. The standard InChI is InChI=1S/C45H37N/c1-30-15-8-10-20-35(30)44-37-22-11-9-19-33(37)25-28-42(44)46(41-24-13-12-21-36(41)32-17-6-5-7-18-32)34-26-27-38-40(29-34)45(3,4)39-23-14-16-31(2)43(38)39/h5-29H,1-4H3. The molecular formula is C45H37N. The van der Waals surface area contributed by atoms with Gasteiger partial charge in [0.05, 0.1) is 11.4 Å². The number of hydrogen-bond acceptors (Lipinski definition) is 1. The summed E-state index contributed by atoms with van der Waals surface area (Å²) in [6.45, 7) is 9.21. The number of benzene rings is 7. The average molecular weight is 592 g/mol. The molecule has 0 saturated heterocycles. The summed E-state index contributed by atoms with van der Waals surface area (Å²) >= 11 is 0. The summed E-state index contributed by atoms with van der Waals surface area (Å²) in [6.07, 6.45) is 0. The van der Waals surface area contributed by atoms with E-state index in [2.05, 4.69) is 184 Å². The Labute approximate surface area is 272 Å². The van der Waals surface area contributed by atoms with Crippen molar-refractivity contribution in [1.29, 1.82) is 0 Å². The molecule has 46 heavy (non-hydrogen) atoms. The van der Waals surface area contributed by atoms with Crippen LogP contribution < -0.4 is 4.90 Å². The van der Waals surface area contributed by atoms with Gasteiger partial charge in [-0.25, -0.2) is 0 Å². The summed E-state index contributed by atoms with van der Waals surface area (Å²) < 4.78 is 0. The van der Waals surface area contributed by atoms with Crippen molar-refractivity contribution in [3.8, 4) is 33.4 Å². The third kappa shape index (κ3) is 4.38. The third-order valence-corrected chi connectivity index (χ3v) is 9.94. The normalized spacial score (nSPS) is 13.0. The summed E-state index contributed by atoms with van der Waals surface area (Å²) in [6, 6.07) is 55.7. The Hall–Kier alpha value is -5.40. The molecule has 0 aromatic heterocycles. The Kier molecular flexibility index (Phi) is 6.65.